The zero-order chi connectivity index (χ0) is 13.9. The number of ether oxygens (including phenoxy) is 1. The molecule has 3 heteroatoms. The van der Waals surface area contributed by atoms with E-state index in [1.54, 1.807) is 0 Å². The zero-order valence-corrected chi connectivity index (χ0v) is 13.2. The summed E-state index contributed by atoms with van der Waals surface area (Å²) in [7, 11) is 0. The van der Waals surface area contributed by atoms with Gasteiger partial charge in [0.2, 0.25) is 0 Å². The summed E-state index contributed by atoms with van der Waals surface area (Å²) in [5.74, 6) is 0.806. The fraction of sp³-hybridized carbons (Fsp3) is 1.00. The van der Waals surface area contributed by atoms with E-state index in [9.17, 15) is 0 Å². The highest BCUT2D eigenvalue weighted by Crippen LogP contribution is 2.25. The summed E-state index contributed by atoms with van der Waals surface area (Å²) in [6.45, 7) is 14.9. The fourth-order valence-electron chi connectivity index (χ4n) is 3.27. The molecule has 0 bridgehead atoms. The van der Waals surface area contributed by atoms with Crippen LogP contribution in [-0.4, -0.2) is 49.8 Å². The molecule has 19 heavy (non-hydrogen) atoms. The Kier molecular flexibility index (Phi) is 5.27. The second-order valence-corrected chi connectivity index (χ2v) is 7.40. The predicted octanol–water partition coefficient (Wildman–Crippen LogP) is 2.51. The smallest absolute Gasteiger partial charge is 0.0495 e. The van der Waals surface area contributed by atoms with Crippen LogP contribution in [-0.2, 0) is 4.74 Å². The molecule has 2 aliphatic rings. The standard InChI is InChI=1S/C16H32N2O/c1-5-14-10-17-15(16(2,3)4)11-18(14)8-6-13-7-9-19-12-13/h13-15,17H,5-12H2,1-4H3. The summed E-state index contributed by atoms with van der Waals surface area (Å²) in [4.78, 5) is 2.73. The van der Waals surface area contributed by atoms with Gasteiger partial charge < -0.3 is 10.1 Å². The van der Waals surface area contributed by atoms with Crippen molar-refractivity contribution in [3.05, 3.63) is 0 Å². The average Bonchev–Trinajstić information content (AvgIpc) is 2.88. The molecule has 0 spiro atoms. The molecule has 3 nitrogen and oxygen atoms in total. The number of rotatable bonds is 4. The lowest BCUT2D eigenvalue weighted by atomic mass is 9.84. The van der Waals surface area contributed by atoms with E-state index < -0.39 is 0 Å². The molecule has 2 fully saturated rings. The third-order valence-corrected chi connectivity index (χ3v) is 4.90. The van der Waals surface area contributed by atoms with E-state index in [1.165, 1.54) is 32.4 Å². The normalized spacial score (nSPS) is 33.8. The second kappa shape index (κ2) is 6.55. The minimum absolute atomic E-state index is 0.355. The van der Waals surface area contributed by atoms with Gasteiger partial charge in [0, 0.05) is 38.4 Å². The first-order chi connectivity index (χ1) is 9.00. The molecule has 2 saturated heterocycles. The van der Waals surface area contributed by atoms with Crippen LogP contribution in [0.2, 0.25) is 0 Å². The fourth-order valence-corrected chi connectivity index (χ4v) is 3.27. The van der Waals surface area contributed by atoms with Crippen molar-refractivity contribution in [2.45, 2.75) is 59.0 Å². The molecule has 112 valence electrons. The van der Waals surface area contributed by atoms with E-state index in [-0.39, 0.29) is 0 Å². The topological polar surface area (TPSA) is 24.5 Å². The number of nitrogens with zero attached hydrogens (tertiary/aromatic N) is 1. The third kappa shape index (κ3) is 4.17. The Morgan fingerprint density at radius 2 is 2.11 bits per heavy atom. The number of nitrogens with one attached hydrogen (secondary N) is 1. The van der Waals surface area contributed by atoms with E-state index in [4.69, 9.17) is 4.74 Å². The molecule has 3 atom stereocenters. The Morgan fingerprint density at radius 1 is 1.32 bits per heavy atom. The van der Waals surface area contributed by atoms with Gasteiger partial charge in [-0.05, 0) is 37.1 Å². The van der Waals surface area contributed by atoms with Gasteiger partial charge in [-0.1, -0.05) is 27.7 Å². The van der Waals surface area contributed by atoms with Gasteiger partial charge in [0.05, 0.1) is 0 Å². The van der Waals surface area contributed by atoms with Crippen molar-refractivity contribution in [2.24, 2.45) is 11.3 Å². The molecule has 2 rings (SSSR count). The predicted molar refractivity (Wildman–Crippen MR) is 80.4 cm³/mol. The van der Waals surface area contributed by atoms with Crippen molar-refractivity contribution in [3.8, 4) is 0 Å². The molecule has 0 aliphatic carbocycles. The second-order valence-electron chi connectivity index (χ2n) is 7.40. The largest absolute Gasteiger partial charge is 0.381 e. The summed E-state index contributed by atoms with van der Waals surface area (Å²) in [5.41, 5.74) is 0.355. The van der Waals surface area contributed by atoms with Crippen LogP contribution in [0.1, 0.15) is 47.0 Å². The van der Waals surface area contributed by atoms with Gasteiger partial charge in [0.1, 0.15) is 0 Å². The number of hydrogen-bond acceptors (Lipinski definition) is 3. The molecule has 0 aromatic rings. The molecule has 0 aromatic heterocycles. The Labute approximate surface area is 119 Å². The molecular weight excluding hydrogens is 236 g/mol. The van der Waals surface area contributed by atoms with Gasteiger partial charge in [0.25, 0.3) is 0 Å². The van der Waals surface area contributed by atoms with Crippen LogP contribution >= 0.6 is 0 Å². The van der Waals surface area contributed by atoms with Gasteiger partial charge in [-0.3, -0.25) is 4.90 Å². The Hall–Kier alpha value is -0.120. The molecular formula is C16H32N2O. The maximum Gasteiger partial charge on any atom is 0.0495 e. The van der Waals surface area contributed by atoms with E-state index in [2.05, 4.69) is 37.9 Å². The van der Waals surface area contributed by atoms with E-state index in [0.717, 1.165) is 31.7 Å². The van der Waals surface area contributed by atoms with E-state index in [0.29, 0.717) is 11.5 Å². The van der Waals surface area contributed by atoms with Crippen LogP contribution in [0.25, 0.3) is 0 Å². The quantitative estimate of drug-likeness (QED) is 0.848. The third-order valence-electron chi connectivity index (χ3n) is 4.90. The highest BCUT2D eigenvalue weighted by atomic mass is 16.5. The van der Waals surface area contributed by atoms with E-state index >= 15 is 0 Å². The van der Waals surface area contributed by atoms with Crippen LogP contribution in [0, 0.1) is 11.3 Å². The van der Waals surface area contributed by atoms with Crippen LogP contribution < -0.4 is 5.32 Å². The van der Waals surface area contributed by atoms with Crippen LogP contribution in [0.15, 0.2) is 0 Å². The summed E-state index contributed by atoms with van der Waals surface area (Å²) in [6.07, 6.45) is 3.84. The lowest BCUT2D eigenvalue weighted by Gasteiger charge is -2.45. The summed E-state index contributed by atoms with van der Waals surface area (Å²) in [6, 6.07) is 1.34. The van der Waals surface area contributed by atoms with Crippen molar-refractivity contribution in [3.63, 3.8) is 0 Å². The average molecular weight is 268 g/mol. The highest BCUT2D eigenvalue weighted by molar-refractivity contribution is 4.91. The first-order valence-electron chi connectivity index (χ1n) is 8.06. The van der Waals surface area contributed by atoms with Crippen molar-refractivity contribution in [2.75, 3.05) is 32.8 Å². The van der Waals surface area contributed by atoms with Crippen molar-refractivity contribution in [1.82, 2.24) is 10.2 Å². The molecule has 0 radical (unpaired) electrons. The molecule has 0 amide bonds. The number of piperazine rings is 1. The zero-order valence-electron chi connectivity index (χ0n) is 13.2. The lowest BCUT2D eigenvalue weighted by molar-refractivity contribution is 0.0773. The first-order valence-corrected chi connectivity index (χ1v) is 8.06. The molecule has 3 unspecified atom stereocenters. The number of hydrogen-bond donors (Lipinski definition) is 1. The van der Waals surface area contributed by atoms with Crippen LogP contribution in [0.3, 0.4) is 0 Å². The minimum atomic E-state index is 0.355. The maximum atomic E-state index is 5.49. The molecule has 1 N–H and O–H groups in total. The van der Waals surface area contributed by atoms with Gasteiger partial charge in [-0.15, -0.1) is 0 Å². The maximum absolute atomic E-state index is 5.49. The summed E-state index contributed by atoms with van der Waals surface area (Å²) in [5, 5.41) is 3.75. The SMILES string of the molecule is CCC1CNC(C(C)(C)C)CN1CCC1CCOC1. The Morgan fingerprint density at radius 3 is 2.68 bits per heavy atom. The van der Waals surface area contributed by atoms with Gasteiger partial charge in [0.15, 0.2) is 0 Å². The van der Waals surface area contributed by atoms with Gasteiger partial charge in [-0.25, -0.2) is 0 Å². The monoisotopic (exact) mass is 268 g/mol. The minimum Gasteiger partial charge on any atom is -0.381 e. The molecule has 0 saturated carbocycles. The summed E-state index contributed by atoms with van der Waals surface area (Å²) < 4.78 is 5.49. The van der Waals surface area contributed by atoms with Crippen molar-refractivity contribution >= 4 is 0 Å². The van der Waals surface area contributed by atoms with Gasteiger partial charge >= 0.3 is 0 Å². The van der Waals surface area contributed by atoms with Crippen LogP contribution in [0.4, 0.5) is 0 Å². The van der Waals surface area contributed by atoms with Crippen molar-refractivity contribution in [1.29, 1.82) is 0 Å². The van der Waals surface area contributed by atoms with E-state index in [1.807, 2.05) is 0 Å². The van der Waals surface area contributed by atoms with Crippen LogP contribution in [0.5, 0.6) is 0 Å². The van der Waals surface area contributed by atoms with Crippen molar-refractivity contribution < 1.29 is 4.74 Å². The molecule has 2 heterocycles. The Bertz CT molecular complexity index is 268. The highest BCUT2D eigenvalue weighted by Gasteiger charge is 2.33. The molecule has 2 aliphatic heterocycles. The molecule has 0 aromatic carbocycles. The van der Waals surface area contributed by atoms with Gasteiger partial charge in [-0.2, -0.15) is 0 Å². The summed E-state index contributed by atoms with van der Waals surface area (Å²) >= 11 is 0. The Balaban J connectivity index is 1.86. The lowest BCUT2D eigenvalue weighted by Crippen LogP contribution is -2.60. The first kappa shape index (κ1) is 15.3.